The van der Waals surface area contributed by atoms with Gasteiger partial charge in [-0.2, -0.15) is 0 Å². The Kier molecular flexibility index (Phi) is 4.56. The molecule has 0 amide bonds. The topological polar surface area (TPSA) is 35.2 Å². The fraction of sp³-hybridized carbons (Fsp3) is 0.200. The molecule has 0 aliphatic rings. The van der Waals surface area contributed by atoms with Gasteiger partial charge in [0.25, 0.3) is 0 Å². The molecule has 0 fully saturated rings. The highest BCUT2D eigenvalue weighted by atomic mass is 79.9. The van der Waals surface area contributed by atoms with E-state index in [2.05, 4.69) is 15.9 Å². The van der Waals surface area contributed by atoms with Crippen LogP contribution in [0.4, 0.5) is 4.39 Å². The van der Waals surface area contributed by atoms with Crippen molar-refractivity contribution in [1.29, 1.82) is 0 Å². The van der Waals surface area contributed by atoms with Crippen molar-refractivity contribution in [3.05, 3.63) is 63.9 Å². The van der Waals surface area contributed by atoms with Crippen molar-refractivity contribution >= 4 is 15.9 Å². The Morgan fingerprint density at radius 3 is 2.63 bits per heavy atom. The summed E-state index contributed by atoms with van der Waals surface area (Å²) in [4.78, 5) is 0. The molecular formula is C15H15BrFNO. The molecule has 2 rings (SSSR count). The normalized spacial score (nSPS) is 12.2. The molecule has 0 saturated heterocycles. The van der Waals surface area contributed by atoms with Gasteiger partial charge in [0.2, 0.25) is 0 Å². The number of halogens is 2. The second-order valence-corrected chi connectivity index (χ2v) is 4.98. The van der Waals surface area contributed by atoms with Gasteiger partial charge in [0.15, 0.2) is 0 Å². The molecule has 19 heavy (non-hydrogen) atoms. The van der Waals surface area contributed by atoms with Gasteiger partial charge in [-0.25, -0.2) is 4.39 Å². The number of benzene rings is 2. The SMILES string of the molecule is CCOc1ccc(C(N)c2ccccc2F)cc1Br. The van der Waals surface area contributed by atoms with Gasteiger partial charge in [0.05, 0.1) is 17.1 Å². The lowest BCUT2D eigenvalue weighted by Gasteiger charge is -2.15. The van der Waals surface area contributed by atoms with E-state index in [9.17, 15) is 4.39 Å². The summed E-state index contributed by atoms with van der Waals surface area (Å²) < 4.78 is 20.0. The summed E-state index contributed by atoms with van der Waals surface area (Å²) in [7, 11) is 0. The Balaban J connectivity index is 2.32. The first-order valence-electron chi connectivity index (χ1n) is 6.05. The first kappa shape index (κ1) is 14.0. The number of ether oxygens (including phenoxy) is 1. The standard InChI is InChI=1S/C15H15BrFNO/c1-2-19-14-8-7-10(9-12(14)16)15(18)11-5-3-4-6-13(11)17/h3-9,15H,2,18H2,1H3. The molecule has 0 bridgehead atoms. The lowest BCUT2D eigenvalue weighted by molar-refractivity contribution is 0.338. The molecule has 0 aliphatic carbocycles. The molecule has 100 valence electrons. The summed E-state index contributed by atoms with van der Waals surface area (Å²) in [6.45, 7) is 2.52. The predicted molar refractivity (Wildman–Crippen MR) is 77.7 cm³/mol. The van der Waals surface area contributed by atoms with Crippen molar-refractivity contribution in [3.63, 3.8) is 0 Å². The van der Waals surface area contributed by atoms with Crippen LogP contribution in [0.25, 0.3) is 0 Å². The first-order chi connectivity index (χ1) is 9.13. The van der Waals surface area contributed by atoms with Gasteiger partial charge in [-0.1, -0.05) is 24.3 Å². The smallest absolute Gasteiger partial charge is 0.133 e. The monoisotopic (exact) mass is 323 g/mol. The minimum atomic E-state index is -0.492. The van der Waals surface area contributed by atoms with Crippen LogP contribution in [-0.2, 0) is 0 Å². The lowest BCUT2D eigenvalue weighted by atomic mass is 9.99. The second kappa shape index (κ2) is 6.17. The highest BCUT2D eigenvalue weighted by Crippen LogP contribution is 2.30. The van der Waals surface area contributed by atoms with Crippen LogP contribution in [0.1, 0.15) is 24.1 Å². The maximum absolute atomic E-state index is 13.7. The Hall–Kier alpha value is -1.39. The van der Waals surface area contributed by atoms with E-state index in [0.717, 1.165) is 15.8 Å². The minimum absolute atomic E-state index is 0.292. The van der Waals surface area contributed by atoms with E-state index in [4.69, 9.17) is 10.5 Å². The fourth-order valence-corrected chi connectivity index (χ4v) is 2.40. The summed E-state index contributed by atoms with van der Waals surface area (Å²) in [5, 5.41) is 0. The summed E-state index contributed by atoms with van der Waals surface area (Å²) in [5.41, 5.74) is 7.43. The van der Waals surface area contributed by atoms with Gasteiger partial charge in [-0.05, 0) is 46.6 Å². The van der Waals surface area contributed by atoms with Crippen LogP contribution in [0, 0.1) is 5.82 Å². The number of nitrogens with two attached hydrogens (primary N) is 1. The molecule has 0 aromatic heterocycles. The van der Waals surface area contributed by atoms with Gasteiger partial charge in [-0.3, -0.25) is 0 Å². The lowest BCUT2D eigenvalue weighted by Crippen LogP contribution is -2.13. The quantitative estimate of drug-likeness (QED) is 0.921. The van der Waals surface area contributed by atoms with Gasteiger partial charge in [0, 0.05) is 5.56 Å². The van der Waals surface area contributed by atoms with Crippen LogP contribution in [0.2, 0.25) is 0 Å². The zero-order chi connectivity index (χ0) is 13.8. The number of hydrogen-bond donors (Lipinski definition) is 1. The van der Waals surface area contributed by atoms with Gasteiger partial charge >= 0.3 is 0 Å². The molecule has 0 spiro atoms. The molecule has 4 heteroatoms. The molecule has 2 aromatic rings. The van der Waals surface area contributed by atoms with Crippen LogP contribution in [0.15, 0.2) is 46.9 Å². The third-order valence-electron chi connectivity index (χ3n) is 2.86. The minimum Gasteiger partial charge on any atom is -0.493 e. The van der Waals surface area contributed by atoms with E-state index in [1.165, 1.54) is 6.07 Å². The molecule has 0 aliphatic heterocycles. The molecule has 0 saturated carbocycles. The van der Waals surface area contributed by atoms with Crippen LogP contribution in [0.5, 0.6) is 5.75 Å². The molecule has 2 nitrogen and oxygen atoms in total. The zero-order valence-electron chi connectivity index (χ0n) is 10.6. The first-order valence-corrected chi connectivity index (χ1v) is 6.85. The molecule has 2 aromatic carbocycles. The van der Waals surface area contributed by atoms with E-state index < -0.39 is 6.04 Å². The Labute approximate surface area is 120 Å². The third-order valence-corrected chi connectivity index (χ3v) is 3.47. The Bertz CT molecular complexity index is 574. The molecule has 1 atom stereocenters. The van der Waals surface area contributed by atoms with Crippen molar-refractivity contribution in [2.45, 2.75) is 13.0 Å². The van der Waals surface area contributed by atoms with Crippen molar-refractivity contribution in [2.24, 2.45) is 5.73 Å². The van der Waals surface area contributed by atoms with E-state index in [1.807, 2.05) is 25.1 Å². The van der Waals surface area contributed by atoms with Crippen molar-refractivity contribution < 1.29 is 9.13 Å². The summed E-state index contributed by atoms with van der Waals surface area (Å²) in [6.07, 6.45) is 0. The van der Waals surface area contributed by atoms with E-state index >= 15 is 0 Å². The Morgan fingerprint density at radius 1 is 1.26 bits per heavy atom. The molecular weight excluding hydrogens is 309 g/mol. The summed E-state index contributed by atoms with van der Waals surface area (Å²) in [6, 6.07) is 11.6. The van der Waals surface area contributed by atoms with Crippen molar-refractivity contribution in [3.8, 4) is 5.75 Å². The summed E-state index contributed by atoms with van der Waals surface area (Å²) in [5.74, 6) is 0.465. The zero-order valence-corrected chi connectivity index (χ0v) is 12.2. The largest absolute Gasteiger partial charge is 0.493 e. The second-order valence-electron chi connectivity index (χ2n) is 4.12. The third kappa shape index (κ3) is 3.14. The average molecular weight is 324 g/mol. The van der Waals surface area contributed by atoms with Crippen LogP contribution < -0.4 is 10.5 Å². The molecule has 1 unspecified atom stereocenters. The summed E-state index contributed by atoms with van der Waals surface area (Å²) >= 11 is 3.43. The maximum Gasteiger partial charge on any atom is 0.133 e. The van der Waals surface area contributed by atoms with Crippen LogP contribution in [0.3, 0.4) is 0 Å². The van der Waals surface area contributed by atoms with E-state index in [0.29, 0.717) is 12.2 Å². The number of rotatable bonds is 4. The molecule has 2 N–H and O–H groups in total. The van der Waals surface area contributed by atoms with Gasteiger partial charge < -0.3 is 10.5 Å². The average Bonchev–Trinajstić information content (AvgIpc) is 2.41. The van der Waals surface area contributed by atoms with Crippen molar-refractivity contribution in [1.82, 2.24) is 0 Å². The highest BCUT2D eigenvalue weighted by molar-refractivity contribution is 9.10. The number of hydrogen-bond acceptors (Lipinski definition) is 2. The predicted octanol–water partition coefficient (Wildman–Crippen LogP) is 4.04. The van der Waals surface area contributed by atoms with Crippen LogP contribution in [-0.4, -0.2) is 6.61 Å². The molecule has 0 heterocycles. The van der Waals surface area contributed by atoms with Crippen molar-refractivity contribution in [2.75, 3.05) is 6.61 Å². The van der Waals surface area contributed by atoms with Gasteiger partial charge in [0.1, 0.15) is 11.6 Å². The van der Waals surface area contributed by atoms with E-state index in [-0.39, 0.29) is 5.82 Å². The van der Waals surface area contributed by atoms with Crippen LogP contribution >= 0.6 is 15.9 Å². The fourth-order valence-electron chi connectivity index (χ4n) is 1.89. The highest BCUT2D eigenvalue weighted by Gasteiger charge is 2.14. The van der Waals surface area contributed by atoms with E-state index in [1.54, 1.807) is 18.2 Å². The maximum atomic E-state index is 13.7. The Morgan fingerprint density at radius 2 is 2.00 bits per heavy atom. The van der Waals surface area contributed by atoms with Gasteiger partial charge in [-0.15, -0.1) is 0 Å². The molecule has 0 radical (unpaired) electrons.